The monoisotopic (exact) mass is 348 g/mol. The van der Waals surface area contributed by atoms with E-state index in [4.69, 9.17) is 4.74 Å². The first kappa shape index (κ1) is 18.0. The molecule has 0 aliphatic carbocycles. The van der Waals surface area contributed by atoms with Crippen LogP contribution in [0.25, 0.3) is 0 Å². The molecule has 0 spiro atoms. The maximum absolute atomic E-state index is 12.8. The first-order valence-corrected chi connectivity index (χ1v) is 9.11. The molecule has 1 amide bonds. The van der Waals surface area contributed by atoms with Gasteiger partial charge in [-0.15, -0.1) is 0 Å². The fourth-order valence-electron chi connectivity index (χ4n) is 2.30. The number of amides is 1. The molecule has 0 bridgehead atoms. The van der Waals surface area contributed by atoms with E-state index in [1.807, 2.05) is 0 Å². The molecule has 128 valence electrons. The first-order chi connectivity index (χ1) is 11.3. The normalized spacial score (nSPS) is 12.7. The Bertz CT molecular complexity index is 806. The maximum atomic E-state index is 12.8. The summed E-state index contributed by atoms with van der Waals surface area (Å²) < 4.78 is 30.2. The molecule has 0 saturated heterocycles. The van der Waals surface area contributed by atoms with Gasteiger partial charge in [-0.1, -0.05) is 42.5 Å². The number of benzene rings is 2. The second-order valence-electron chi connectivity index (χ2n) is 5.28. The van der Waals surface area contributed by atoms with Gasteiger partial charge < -0.3 is 10.1 Å². The highest BCUT2D eigenvalue weighted by molar-refractivity contribution is 7.88. The molecule has 2 rings (SSSR count). The highest BCUT2D eigenvalue weighted by Crippen LogP contribution is 2.27. The number of hydrogen-bond donors (Lipinski definition) is 1. The summed E-state index contributed by atoms with van der Waals surface area (Å²) in [6.45, 7) is 0. The largest absolute Gasteiger partial charge is 0.495 e. The lowest BCUT2D eigenvalue weighted by molar-refractivity contribution is -0.119. The van der Waals surface area contributed by atoms with E-state index < -0.39 is 22.0 Å². The summed E-state index contributed by atoms with van der Waals surface area (Å²) in [5, 5.41) is 2.74. The molecule has 0 unspecified atom stereocenters. The van der Waals surface area contributed by atoms with E-state index in [1.54, 1.807) is 54.6 Å². The van der Waals surface area contributed by atoms with Gasteiger partial charge in [-0.25, -0.2) is 8.42 Å². The minimum atomic E-state index is -3.56. The molecule has 0 aromatic heterocycles. The fourth-order valence-corrected chi connectivity index (χ4v) is 2.90. The van der Waals surface area contributed by atoms with Crippen molar-refractivity contribution in [1.29, 1.82) is 0 Å². The Morgan fingerprint density at radius 3 is 2.25 bits per heavy atom. The third-order valence-corrected chi connectivity index (χ3v) is 4.87. The average molecular weight is 348 g/mol. The molecule has 6 nitrogen and oxygen atoms in total. The number of nitrogens with one attached hydrogen (secondary N) is 1. The molecule has 7 heteroatoms. The zero-order chi connectivity index (χ0) is 17.7. The Kier molecular flexibility index (Phi) is 5.58. The zero-order valence-corrected chi connectivity index (χ0v) is 14.6. The van der Waals surface area contributed by atoms with Crippen LogP contribution in [0.4, 0.5) is 5.69 Å². The number of ether oxygens (including phenoxy) is 1. The van der Waals surface area contributed by atoms with Crippen molar-refractivity contribution in [2.75, 3.05) is 25.7 Å². The molecule has 0 fully saturated rings. The van der Waals surface area contributed by atoms with Gasteiger partial charge in [0.2, 0.25) is 15.9 Å². The van der Waals surface area contributed by atoms with Crippen molar-refractivity contribution in [1.82, 2.24) is 4.31 Å². The van der Waals surface area contributed by atoms with Crippen molar-refractivity contribution in [3.8, 4) is 5.75 Å². The number of para-hydroxylation sites is 2. The van der Waals surface area contributed by atoms with Crippen LogP contribution in [0, 0.1) is 0 Å². The van der Waals surface area contributed by atoms with E-state index in [2.05, 4.69) is 5.32 Å². The van der Waals surface area contributed by atoms with Gasteiger partial charge in [0.25, 0.3) is 0 Å². The summed E-state index contributed by atoms with van der Waals surface area (Å²) in [6.07, 6.45) is 1.07. The van der Waals surface area contributed by atoms with Crippen molar-refractivity contribution in [2.24, 2.45) is 0 Å². The van der Waals surface area contributed by atoms with Crippen LogP contribution in [0.2, 0.25) is 0 Å². The second-order valence-corrected chi connectivity index (χ2v) is 7.32. The summed E-state index contributed by atoms with van der Waals surface area (Å²) in [7, 11) is -0.676. The second kappa shape index (κ2) is 7.46. The minimum absolute atomic E-state index is 0.460. The van der Waals surface area contributed by atoms with Gasteiger partial charge >= 0.3 is 0 Å². The number of carbonyl (C=O) groups excluding carboxylic acids is 1. The van der Waals surface area contributed by atoms with Crippen LogP contribution in [-0.4, -0.2) is 39.0 Å². The predicted octanol–water partition coefficient (Wildman–Crippen LogP) is 2.27. The molecular formula is C17H20N2O4S. The number of sulfonamides is 1. The lowest BCUT2D eigenvalue weighted by Crippen LogP contribution is -2.38. The van der Waals surface area contributed by atoms with E-state index >= 15 is 0 Å². The Balaban J connectivity index is 2.38. The van der Waals surface area contributed by atoms with Gasteiger partial charge in [-0.2, -0.15) is 4.31 Å². The summed E-state index contributed by atoms with van der Waals surface area (Å²) >= 11 is 0. The molecule has 2 aromatic carbocycles. The number of anilines is 1. The van der Waals surface area contributed by atoms with Crippen molar-refractivity contribution in [3.05, 3.63) is 60.2 Å². The summed E-state index contributed by atoms with van der Waals surface area (Å²) in [6, 6.07) is 14.7. The van der Waals surface area contributed by atoms with Gasteiger partial charge in [-0.3, -0.25) is 4.79 Å². The van der Waals surface area contributed by atoms with Crippen molar-refractivity contribution >= 4 is 21.6 Å². The first-order valence-electron chi connectivity index (χ1n) is 7.26. The third kappa shape index (κ3) is 4.12. The zero-order valence-electron chi connectivity index (χ0n) is 13.8. The Morgan fingerprint density at radius 2 is 1.67 bits per heavy atom. The molecule has 0 aliphatic rings. The fraction of sp³-hybridized carbons (Fsp3) is 0.235. The topological polar surface area (TPSA) is 75.7 Å². The van der Waals surface area contributed by atoms with Crippen LogP contribution < -0.4 is 10.1 Å². The molecule has 0 heterocycles. The molecular weight excluding hydrogens is 328 g/mol. The van der Waals surface area contributed by atoms with Gasteiger partial charge in [0, 0.05) is 7.05 Å². The Morgan fingerprint density at radius 1 is 1.08 bits per heavy atom. The lowest BCUT2D eigenvalue weighted by atomic mass is 10.1. The molecule has 24 heavy (non-hydrogen) atoms. The van der Waals surface area contributed by atoms with Crippen molar-refractivity contribution in [2.45, 2.75) is 6.04 Å². The van der Waals surface area contributed by atoms with Crippen LogP contribution in [0.3, 0.4) is 0 Å². The molecule has 0 saturated carbocycles. The molecule has 1 atom stereocenters. The highest BCUT2D eigenvalue weighted by Gasteiger charge is 2.31. The number of carbonyl (C=O) groups is 1. The number of methoxy groups -OCH3 is 1. The number of hydrogen-bond acceptors (Lipinski definition) is 4. The van der Waals surface area contributed by atoms with E-state index in [0.717, 1.165) is 10.6 Å². The van der Waals surface area contributed by atoms with E-state index in [0.29, 0.717) is 17.0 Å². The Labute approximate surface area is 142 Å². The summed E-state index contributed by atoms with van der Waals surface area (Å²) in [5.74, 6) is 0.0401. The number of likely N-dealkylation sites (N-methyl/N-ethyl adjacent to an activating group) is 1. The van der Waals surface area contributed by atoms with E-state index in [-0.39, 0.29) is 0 Å². The summed E-state index contributed by atoms with van der Waals surface area (Å²) in [4.78, 5) is 12.8. The number of nitrogens with zero attached hydrogens (tertiary/aromatic N) is 1. The SMILES string of the molecule is COc1ccccc1NC(=O)[C@@H](c1ccccc1)N(C)S(C)(=O)=O. The van der Waals surface area contributed by atoms with Gasteiger partial charge in [0.05, 0.1) is 19.1 Å². The van der Waals surface area contributed by atoms with Crippen LogP contribution >= 0.6 is 0 Å². The molecule has 1 N–H and O–H groups in total. The molecule has 2 aromatic rings. The molecule has 0 radical (unpaired) electrons. The van der Waals surface area contributed by atoms with E-state index in [1.165, 1.54) is 14.2 Å². The maximum Gasteiger partial charge on any atom is 0.247 e. The third-order valence-electron chi connectivity index (χ3n) is 3.62. The van der Waals surface area contributed by atoms with Crippen LogP contribution in [0.1, 0.15) is 11.6 Å². The smallest absolute Gasteiger partial charge is 0.247 e. The lowest BCUT2D eigenvalue weighted by Gasteiger charge is -2.26. The van der Waals surface area contributed by atoms with Crippen LogP contribution in [0.15, 0.2) is 54.6 Å². The van der Waals surface area contributed by atoms with Gasteiger partial charge in [0.15, 0.2) is 0 Å². The number of rotatable bonds is 6. The summed E-state index contributed by atoms with van der Waals surface area (Å²) in [5.41, 5.74) is 1.06. The van der Waals surface area contributed by atoms with Crippen LogP contribution in [-0.2, 0) is 14.8 Å². The van der Waals surface area contributed by atoms with Gasteiger partial charge in [-0.05, 0) is 17.7 Å². The van der Waals surface area contributed by atoms with Crippen LogP contribution in [0.5, 0.6) is 5.75 Å². The van der Waals surface area contributed by atoms with Crippen molar-refractivity contribution < 1.29 is 17.9 Å². The van der Waals surface area contributed by atoms with Gasteiger partial charge in [0.1, 0.15) is 11.8 Å². The average Bonchev–Trinajstić information content (AvgIpc) is 2.55. The predicted molar refractivity (Wildman–Crippen MR) is 93.4 cm³/mol. The minimum Gasteiger partial charge on any atom is -0.495 e. The highest BCUT2D eigenvalue weighted by atomic mass is 32.2. The quantitative estimate of drug-likeness (QED) is 0.869. The van der Waals surface area contributed by atoms with E-state index in [9.17, 15) is 13.2 Å². The standard InChI is InChI=1S/C17H20N2O4S/c1-19(24(3,21)22)16(13-9-5-4-6-10-13)17(20)18-14-11-7-8-12-15(14)23-2/h4-12,16H,1-3H3,(H,18,20)/t16-/m1/s1. The van der Waals surface area contributed by atoms with Crippen molar-refractivity contribution in [3.63, 3.8) is 0 Å². The Hall–Kier alpha value is -2.38. The molecule has 0 aliphatic heterocycles.